The van der Waals surface area contributed by atoms with Crippen molar-refractivity contribution in [1.82, 2.24) is 5.43 Å². The quantitative estimate of drug-likeness (QED) is 0.449. The van der Waals surface area contributed by atoms with Gasteiger partial charge in [0.25, 0.3) is 0 Å². The van der Waals surface area contributed by atoms with Gasteiger partial charge in [0.1, 0.15) is 11.5 Å². The highest BCUT2D eigenvalue weighted by atomic mass is 16.3. The molecule has 0 fully saturated rings. The molecule has 1 aromatic heterocycles. The summed E-state index contributed by atoms with van der Waals surface area (Å²) in [6.45, 7) is 2.49. The molecule has 0 bridgehead atoms. The van der Waals surface area contributed by atoms with E-state index in [2.05, 4.69) is 5.43 Å². The van der Waals surface area contributed by atoms with E-state index in [1.54, 1.807) is 0 Å². The van der Waals surface area contributed by atoms with Crippen LogP contribution in [0.3, 0.4) is 0 Å². The summed E-state index contributed by atoms with van der Waals surface area (Å²) in [4.78, 5) is 0. The first-order chi connectivity index (χ1) is 4.33. The minimum Gasteiger partial charge on any atom is -0.465 e. The van der Waals surface area contributed by atoms with Crippen LogP contribution in [0.2, 0.25) is 0 Å². The lowest BCUT2D eigenvalue weighted by atomic mass is 10.4. The predicted molar refractivity (Wildman–Crippen MR) is 34.5 cm³/mol. The fraction of sp³-hybridized carbons (Fsp3) is 0.333. The van der Waals surface area contributed by atoms with Gasteiger partial charge in [0.2, 0.25) is 0 Å². The maximum atomic E-state index is 5.18. The molecule has 0 amide bonds. The highest BCUT2D eigenvalue weighted by molar-refractivity contribution is 5.04. The fourth-order valence-corrected chi connectivity index (χ4v) is 0.681. The molecule has 0 spiro atoms. The highest BCUT2D eigenvalue weighted by Crippen LogP contribution is 2.04. The third-order valence-corrected chi connectivity index (χ3v) is 1.07. The summed E-state index contributed by atoms with van der Waals surface area (Å²) in [6.07, 6.45) is 0. The van der Waals surface area contributed by atoms with Crippen LogP contribution in [0, 0.1) is 6.92 Å². The fourth-order valence-electron chi connectivity index (χ4n) is 0.681. The third-order valence-electron chi connectivity index (χ3n) is 1.07. The van der Waals surface area contributed by atoms with E-state index >= 15 is 0 Å². The van der Waals surface area contributed by atoms with Gasteiger partial charge in [-0.1, -0.05) is 0 Å². The maximum Gasteiger partial charge on any atom is 0.119 e. The summed E-state index contributed by atoms with van der Waals surface area (Å²) >= 11 is 0. The number of nitrogens with two attached hydrogens (primary N) is 1. The van der Waals surface area contributed by atoms with Crippen LogP contribution in [0.25, 0.3) is 0 Å². The molecule has 0 aliphatic rings. The lowest BCUT2D eigenvalue weighted by molar-refractivity contribution is 0.465. The normalized spacial score (nSPS) is 10.0. The van der Waals surface area contributed by atoms with Gasteiger partial charge in [-0.05, 0) is 19.1 Å². The van der Waals surface area contributed by atoms with Crippen molar-refractivity contribution in [2.45, 2.75) is 13.5 Å². The van der Waals surface area contributed by atoms with Crippen LogP contribution in [0.15, 0.2) is 16.5 Å². The van der Waals surface area contributed by atoms with Crippen molar-refractivity contribution in [2.24, 2.45) is 5.84 Å². The van der Waals surface area contributed by atoms with Crippen LogP contribution in [0.5, 0.6) is 0 Å². The van der Waals surface area contributed by atoms with Crippen molar-refractivity contribution >= 4 is 0 Å². The summed E-state index contributed by atoms with van der Waals surface area (Å²) in [6, 6.07) is 3.81. The second-order valence-electron chi connectivity index (χ2n) is 1.89. The van der Waals surface area contributed by atoms with Gasteiger partial charge < -0.3 is 4.42 Å². The lowest BCUT2D eigenvalue weighted by Gasteiger charge is -1.90. The Labute approximate surface area is 53.8 Å². The van der Waals surface area contributed by atoms with Crippen LogP contribution in [0.1, 0.15) is 11.5 Å². The molecule has 0 saturated heterocycles. The number of rotatable bonds is 2. The van der Waals surface area contributed by atoms with E-state index in [9.17, 15) is 0 Å². The minimum absolute atomic E-state index is 0.591. The Kier molecular flexibility index (Phi) is 1.87. The maximum absolute atomic E-state index is 5.18. The Morgan fingerprint density at radius 1 is 1.67 bits per heavy atom. The van der Waals surface area contributed by atoms with Crippen LogP contribution < -0.4 is 11.3 Å². The van der Waals surface area contributed by atoms with E-state index in [0.29, 0.717) is 6.54 Å². The van der Waals surface area contributed by atoms with Crippen molar-refractivity contribution in [3.63, 3.8) is 0 Å². The first-order valence-electron chi connectivity index (χ1n) is 2.81. The van der Waals surface area contributed by atoms with Gasteiger partial charge >= 0.3 is 0 Å². The number of furan rings is 1. The molecule has 0 atom stereocenters. The molecule has 3 N–H and O–H groups in total. The molecule has 1 heterocycles. The van der Waals surface area contributed by atoms with E-state index in [1.165, 1.54) is 0 Å². The lowest BCUT2D eigenvalue weighted by Crippen LogP contribution is -2.20. The Hall–Kier alpha value is -0.800. The topological polar surface area (TPSA) is 51.2 Å². The number of aryl methyl sites for hydroxylation is 1. The molecule has 0 saturated carbocycles. The van der Waals surface area contributed by atoms with Crippen LogP contribution in [0.4, 0.5) is 0 Å². The first kappa shape index (κ1) is 6.32. The number of hydrazine groups is 1. The predicted octanol–water partition coefficient (Wildman–Crippen LogP) is 0.551. The molecule has 0 aromatic carbocycles. The average molecular weight is 126 g/mol. The minimum atomic E-state index is 0.591. The Morgan fingerprint density at radius 3 is 2.89 bits per heavy atom. The van der Waals surface area contributed by atoms with Crippen molar-refractivity contribution in [1.29, 1.82) is 0 Å². The van der Waals surface area contributed by atoms with Crippen LogP contribution >= 0.6 is 0 Å². The summed E-state index contributed by atoms with van der Waals surface area (Å²) in [7, 11) is 0. The van der Waals surface area contributed by atoms with Gasteiger partial charge in [0.05, 0.1) is 6.54 Å². The summed E-state index contributed by atoms with van der Waals surface area (Å²) in [5.74, 6) is 6.85. The summed E-state index contributed by atoms with van der Waals surface area (Å²) in [5.41, 5.74) is 2.50. The molecule has 1 rings (SSSR count). The van der Waals surface area contributed by atoms with Gasteiger partial charge in [-0.2, -0.15) is 0 Å². The van der Waals surface area contributed by atoms with Crippen molar-refractivity contribution in [3.05, 3.63) is 23.7 Å². The molecule has 0 radical (unpaired) electrons. The SMILES string of the molecule is Cc1ccc(CNN)o1. The Balaban J connectivity index is 2.61. The van der Waals surface area contributed by atoms with Gasteiger partial charge in [-0.3, -0.25) is 11.3 Å². The van der Waals surface area contributed by atoms with Gasteiger partial charge in [-0.15, -0.1) is 0 Å². The molecule has 0 unspecified atom stereocenters. The van der Waals surface area contributed by atoms with Crippen LogP contribution in [-0.4, -0.2) is 0 Å². The molecule has 3 nitrogen and oxygen atoms in total. The molecule has 9 heavy (non-hydrogen) atoms. The summed E-state index contributed by atoms with van der Waals surface area (Å²) in [5, 5.41) is 0. The average Bonchev–Trinajstić information content (AvgIpc) is 2.17. The second-order valence-corrected chi connectivity index (χ2v) is 1.89. The Morgan fingerprint density at radius 2 is 2.44 bits per heavy atom. The largest absolute Gasteiger partial charge is 0.465 e. The number of hydrogen-bond acceptors (Lipinski definition) is 3. The third kappa shape index (κ3) is 1.55. The van der Waals surface area contributed by atoms with Crippen molar-refractivity contribution in [3.8, 4) is 0 Å². The molecular weight excluding hydrogens is 116 g/mol. The van der Waals surface area contributed by atoms with Crippen LogP contribution in [-0.2, 0) is 6.54 Å². The monoisotopic (exact) mass is 126 g/mol. The highest BCUT2D eigenvalue weighted by Gasteiger charge is 1.93. The molecule has 0 aliphatic carbocycles. The van der Waals surface area contributed by atoms with Crippen molar-refractivity contribution < 1.29 is 4.42 Å². The zero-order valence-electron chi connectivity index (χ0n) is 5.35. The molecular formula is C6H10N2O. The standard InChI is InChI=1S/C6H10N2O/c1-5-2-3-6(9-5)4-8-7/h2-3,8H,4,7H2,1H3. The summed E-state index contributed by atoms with van der Waals surface area (Å²) < 4.78 is 5.18. The van der Waals surface area contributed by atoms with E-state index < -0.39 is 0 Å². The molecule has 0 aliphatic heterocycles. The molecule has 50 valence electrons. The number of hydrogen-bond donors (Lipinski definition) is 2. The van der Waals surface area contributed by atoms with Crippen molar-refractivity contribution in [2.75, 3.05) is 0 Å². The first-order valence-corrected chi connectivity index (χ1v) is 2.81. The molecule has 3 heteroatoms. The Bertz CT molecular complexity index is 183. The second kappa shape index (κ2) is 2.66. The van der Waals surface area contributed by atoms with Gasteiger partial charge in [0.15, 0.2) is 0 Å². The molecule has 1 aromatic rings. The number of nitrogens with one attached hydrogen (secondary N) is 1. The zero-order valence-corrected chi connectivity index (χ0v) is 5.35. The van der Waals surface area contributed by atoms with Gasteiger partial charge in [0, 0.05) is 0 Å². The van der Waals surface area contributed by atoms with E-state index in [1.807, 2.05) is 19.1 Å². The smallest absolute Gasteiger partial charge is 0.119 e. The van der Waals surface area contributed by atoms with E-state index in [4.69, 9.17) is 10.3 Å². The van der Waals surface area contributed by atoms with E-state index in [0.717, 1.165) is 11.5 Å². The zero-order chi connectivity index (χ0) is 6.69. The van der Waals surface area contributed by atoms with E-state index in [-0.39, 0.29) is 0 Å². The van der Waals surface area contributed by atoms with Gasteiger partial charge in [-0.25, -0.2) is 0 Å².